The SMILES string of the molecule is CCN1CCC[C@@H]1CNC(=O)c1c(O)c2c([nH]c1=O)CCCC2. The van der Waals surface area contributed by atoms with Crippen LogP contribution in [-0.4, -0.2) is 46.6 Å². The van der Waals surface area contributed by atoms with Crippen molar-refractivity contribution in [2.75, 3.05) is 19.6 Å². The fraction of sp³-hybridized carbons (Fsp3) is 0.647. The molecule has 0 unspecified atom stereocenters. The van der Waals surface area contributed by atoms with Crippen LogP contribution in [0.1, 0.15) is 54.2 Å². The lowest BCUT2D eigenvalue weighted by Crippen LogP contribution is -2.41. The number of nitrogens with zero attached hydrogens (tertiary/aromatic N) is 1. The molecule has 23 heavy (non-hydrogen) atoms. The highest BCUT2D eigenvalue weighted by Crippen LogP contribution is 2.28. The van der Waals surface area contributed by atoms with Gasteiger partial charge in [-0.25, -0.2) is 0 Å². The molecule has 0 saturated carbocycles. The van der Waals surface area contributed by atoms with Gasteiger partial charge in [0.25, 0.3) is 11.5 Å². The van der Waals surface area contributed by atoms with Gasteiger partial charge in [-0.05, 0) is 51.6 Å². The van der Waals surface area contributed by atoms with Gasteiger partial charge in [0.2, 0.25) is 0 Å². The number of fused-ring (bicyclic) bond motifs is 1. The highest BCUT2D eigenvalue weighted by molar-refractivity contribution is 5.96. The summed E-state index contributed by atoms with van der Waals surface area (Å²) in [4.78, 5) is 29.7. The largest absolute Gasteiger partial charge is 0.507 e. The lowest BCUT2D eigenvalue weighted by molar-refractivity contribution is 0.0936. The number of carbonyl (C=O) groups is 1. The highest BCUT2D eigenvalue weighted by Gasteiger charge is 2.26. The van der Waals surface area contributed by atoms with Crippen molar-refractivity contribution in [3.8, 4) is 5.75 Å². The van der Waals surface area contributed by atoms with Crippen molar-refractivity contribution in [2.45, 2.75) is 51.5 Å². The van der Waals surface area contributed by atoms with Crippen molar-refractivity contribution in [1.82, 2.24) is 15.2 Å². The van der Waals surface area contributed by atoms with Crippen LogP contribution in [0.25, 0.3) is 0 Å². The van der Waals surface area contributed by atoms with Crippen LogP contribution in [0, 0.1) is 0 Å². The Balaban J connectivity index is 1.76. The maximum Gasteiger partial charge on any atom is 0.264 e. The average molecular weight is 319 g/mol. The second kappa shape index (κ2) is 6.74. The Labute approximate surface area is 135 Å². The Kier molecular flexibility index (Phi) is 4.71. The van der Waals surface area contributed by atoms with Gasteiger partial charge in [-0.1, -0.05) is 6.92 Å². The molecule has 0 bridgehead atoms. The summed E-state index contributed by atoms with van der Waals surface area (Å²) in [5.74, 6) is -0.597. The van der Waals surface area contributed by atoms with E-state index in [1.807, 2.05) is 0 Å². The third-order valence-electron chi connectivity index (χ3n) is 5.11. The molecule has 3 rings (SSSR count). The van der Waals surface area contributed by atoms with Gasteiger partial charge >= 0.3 is 0 Å². The van der Waals surface area contributed by atoms with Crippen molar-refractivity contribution >= 4 is 5.91 Å². The summed E-state index contributed by atoms with van der Waals surface area (Å²) in [6.07, 6.45) is 5.64. The third-order valence-corrected chi connectivity index (χ3v) is 5.11. The maximum absolute atomic E-state index is 12.4. The van der Waals surface area contributed by atoms with E-state index in [0.717, 1.165) is 56.5 Å². The summed E-state index contributed by atoms with van der Waals surface area (Å²) in [5.41, 5.74) is 0.895. The van der Waals surface area contributed by atoms with E-state index in [-0.39, 0.29) is 11.3 Å². The fourth-order valence-corrected chi connectivity index (χ4v) is 3.81. The number of likely N-dealkylation sites (tertiary alicyclic amines) is 1. The summed E-state index contributed by atoms with van der Waals surface area (Å²) >= 11 is 0. The maximum atomic E-state index is 12.4. The van der Waals surface area contributed by atoms with Gasteiger partial charge in [-0.3, -0.25) is 14.5 Å². The van der Waals surface area contributed by atoms with Crippen molar-refractivity contribution < 1.29 is 9.90 Å². The molecule has 6 nitrogen and oxygen atoms in total. The first-order valence-corrected chi connectivity index (χ1v) is 8.61. The number of pyridine rings is 1. The number of rotatable bonds is 4. The van der Waals surface area contributed by atoms with E-state index in [9.17, 15) is 14.7 Å². The molecule has 1 aromatic rings. The number of aryl methyl sites for hydroxylation is 1. The van der Waals surface area contributed by atoms with Crippen LogP contribution in [0.4, 0.5) is 0 Å². The van der Waals surface area contributed by atoms with Gasteiger partial charge in [0.15, 0.2) is 0 Å². The number of hydrogen-bond donors (Lipinski definition) is 3. The summed E-state index contributed by atoms with van der Waals surface area (Å²) in [5, 5.41) is 13.2. The lowest BCUT2D eigenvalue weighted by atomic mass is 9.93. The minimum absolute atomic E-state index is 0.125. The monoisotopic (exact) mass is 319 g/mol. The van der Waals surface area contributed by atoms with Crippen molar-refractivity contribution in [2.24, 2.45) is 0 Å². The zero-order valence-corrected chi connectivity index (χ0v) is 13.7. The van der Waals surface area contributed by atoms with E-state index in [2.05, 4.69) is 22.1 Å². The Morgan fingerprint density at radius 2 is 2.13 bits per heavy atom. The van der Waals surface area contributed by atoms with Gasteiger partial charge in [0.05, 0.1) is 0 Å². The molecule has 6 heteroatoms. The van der Waals surface area contributed by atoms with E-state index < -0.39 is 11.5 Å². The summed E-state index contributed by atoms with van der Waals surface area (Å²) in [6.45, 7) is 4.65. The number of amides is 1. The van der Waals surface area contributed by atoms with E-state index in [4.69, 9.17) is 0 Å². The number of nitrogens with one attached hydrogen (secondary N) is 2. The molecule has 3 N–H and O–H groups in total. The Morgan fingerprint density at radius 3 is 2.91 bits per heavy atom. The van der Waals surface area contributed by atoms with Crippen molar-refractivity contribution in [3.63, 3.8) is 0 Å². The van der Waals surface area contributed by atoms with Gasteiger partial charge in [-0.15, -0.1) is 0 Å². The molecule has 1 aromatic heterocycles. The average Bonchev–Trinajstić information content (AvgIpc) is 3.00. The first-order valence-electron chi connectivity index (χ1n) is 8.61. The van der Waals surface area contributed by atoms with Crippen LogP contribution in [0.5, 0.6) is 5.75 Å². The molecule has 0 radical (unpaired) electrons. The van der Waals surface area contributed by atoms with Crippen LogP contribution in [0.15, 0.2) is 4.79 Å². The molecule has 126 valence electrons. The number of carbonyl (C=O) groups excluding carboxylic acids is 1. The summed E-state index contributed by atoms with van der Waals surface area (Å²) in [6, 6.07) is 0.322. The highest BCUT2D eigenvalue weighted by atomic mass is 16.3. The number of aromatic nitrogens is 1. The summed E-state index contributed by atoms with van der Waals surface area (Å²) in [7, 11) is 0. The number of hydrogen-bond acceptors (Lipinski definition) is 4. The molecule has 1 aliphatic heterocycles. The van der Waals surface area contributed by atoms with Crippen LogP contribution in [0.3, 0.4) is 0 Å². The molecular weight excluding hydrogens is 294 g/mol. The zero-order chi connectivity index (χ0) is 16.4. The van der Waals surface area contributed by atoms with Gasteiger partial charge < -0.3 is 15.4 Å². The van der Waals surface area contributed by atoms with Crippen LogP contribution in [-0.2, 0) is 12.8 Å². The molecule has 0 aromatic carbocycles. The molecule has 0 spiro atoms. The van der Waals surface area contributed by atoms with Gasteiger partial charge in [0, 0.05) is 23.8 Å². The van der Waals surface area contributed by atoms with E-state index >= 15 is 0 Å². The second-order valence-electron chi connectivity index (χ2n) is 6.48. The molecule has 2 heterocycles. The Bertz CT molecular complexity index is 653. The van der Waals surface area contributed by atoms with Crippen LogP contribution in [0.2, 0.25) is 0 Å². The lowest BCUT2D eigenvalue weighted by Gasteiger charge is -2.23. The quantitative estimate of drug-likeness (QED) is 0.778. The minimum atomic E-state index is -0.487. The second-order valence-corrected chi connectivity index (χ2v) is 6.48. The van der Waals surface area contributed by atoms with Crippen LogP contribution < -0.4 is 10.9 Å². The Hall–Kier alpha value is -1.82. The van der Waals surface area contributed by atoms with Crippen LogP contribution >= 0.6 is 0 Å². The molecule has 1 fully saturated rings. The number of H-pyrrole nitrogens is 1. The molecule has 2 aliphatic rings. The first-order chi connectivity index (χ1) is 11.1. The predicted molar refractivity (Wildman–Crippen MR) is 88.0 cm³/mol. The number of likely N-dealkylation sites (N-methyl/N-ethyl adjacent to an activating group) is 1. The fourth-order valence-electron chi connectivity index (χ4n) is 3.81. The third kappa shape index (κ3) is 3.13. The van der Waals surface area contributed by atoms with Crippen molar-refractivity contribution in [3.05, 3.63) is 27.2 Å². The summed E-state index contributed by atoms with van der Waals surface area (Å²) < 4.78 is 0. The molecular formula is C17H25N3O3. The van der Waals surface area contributed by atoms with Gasteiger partial charge in [-0.2, -0.15) is 0 Å². The smallest absolute Gasteiger partial charge is 0.264 e. The van der Waals surface area contributed by atoms with Crippen molar-refractivity contribution in [1.29, 1.82) is 0 Å². The van der Waals surface area contributed by atoms with Gasteiger partial charge in [0.1, 0.15) is 11.3 Å². The number of aromatic hydroxyl groups is 1. The zero-order valence-electron chi connectivity index (χ0n) is 13.7. The molecule has 1 atom stereocenters. The molecule has 1 amide bonds. The topological polar surface area (TPSA) is 85.4 Å². The molecule has 1 aliphatic carbocycles. The normalized spacial score (nSPS) is 21.2. The van der Waals surface area contributed by atoms with E-state index in [1.54, 1.807) is 0 Å². The van der Waals surface area contributed by atoms with E-state index in [0.29, 0.717) is 19.0 Å². The van der Waals surface area contributed by atoms with E-state index in [1.165, 1.54) is 0 Å². The predicted octanol–water partition coefficient (Wildman–Crippen LogP) is 1.17. The Morgan fingerprint density at radius 1 is 1.35 bits per heavy atom. The molecule has 1 saturated heterocycles. The number of aromatic amines is 1. The standard InChI is InChI=1S/C17H25N3O3/c1-2-20-9-5-6-11(20)10-18-16(22)14-15(21)12-7-3-4-8-13(12)19-17(14)23/h11H,2-10H2,1H3,(H,18,22)(H2,19,21,23)/t11-/m1/s1. The minimum Gasteiger partial charge on any atom is -0.507 e. The first kappa shape index (κ1) is 16.1.